The lowest BCUT2D eigenvalue weighted by Crippen LogP contribution is -2.52. The molecule has 3 nitrogen and oxygen atoms in total. The number of piperidine rings is 2. The van der Waals surface area contributed by atoms with Gasteiger partial charge in [0.15, 0.2) is 0 Å². The zero-order valence-corrected chi connectivity index (χ0v) is 13.4. The van der Waals surface area contributed by atoms with Gasteiger partial charge in [0, 0.05) is 35.6 Å². The van der Waals surface area contributed by atoms with Crippen LogP contribution in [0.15, 0.2) is 18.2 Å². The SMILES string of the molecule is Cc1ccc(C(=O)N2CCCC3(CCCNC3)C2)cc1Cl. The minimum absolute atomic E-state index is 0.126. The van der Waals surface area contributed by atoms with Gasteiger partial charge in [-0.1, -0.05) is 17.7 Å². The number of amides is 1. The van der Waals surface area contributed by atoms with Crippen molar-refractivity contribution in [1.29, 1.82) is 0 Å². The van der Waals surface area contributed by atoms with Crippen molar-refractivity contribution in [2.24, 2.45) is 5.41 Å². The molecule has 1 unspecified atom stereocenters. The number of aryl methyl sites for hydroxylation is 1. The van der Waals surface area contributed by atoms with Crippen molar-refractivity contribution in [3.8, 4) is 0 Å². The molecule has 2 saturated heterocycles. The third-order valence-electron chi connectivity index (χ3n) is 4.93. The van der Waals surface area contributed by atoms with E-state index >= 15 is 0 Å². The number of hydrogen-bond acceptors (Lipinski definition) is 2. The van der Waals surface area contributed by atoms with Crippen LogP contribution in [0.5, 0.6) is 0 Å². The number of nitrogens with zero attached hydrogens (tertiary/aromatic N) is 1. The van der Waals surface area contributed by atoms with Crippen molar-refractivity contribution < 1.29 is 4.79 Å². The molecule has 0 bridgehead atoms. The fourth-order valence-corrected chi connectivity index (χ4v) is 3.85. The molecule has 1 N–H and O–H groups in total. The van der Waals surface area contributed by atoms with Crippen LogP contribution in [0.3, 0.4) is 0 Å². The van der Waals surface area contributed by atoms with E-state index in [-0.39, 0.29) is 5.91 Å². The van der Waals surface area contributed by atoms with Crippen LogP contribution >= 0.6 is 11.6 Å². The van der Waals surface area contributed by atoms with Gasteiger partial charge in [0.2, 0.25) is 0 Å². The summed E-state index contributed by atoms with van der Waals surface area (Å²) in [5.74, 6) is 0.126. The Hall–Kier alpha value is -1.06. The van der Waals surface area contributed by atoms with Gasteiger partial charge in [-0.15, -0.1) is 0 Å². The van der Waals surface area contributed by atoms with Crippen molar-refractivity contribution in [2.45, 2.75) is 32.6 Å². The monoisotopic (exact) mass is 306 g/mol. The Labute approximate surface area is 131 Å². The first-order chi connectivity index (χ1) is 10.1. The van der Waals surface area contributed by atoms with E-state index in [2.05, 4.69) is 5.32 Å². The van der Waals surface area contributed by atoms with Crippen LogP contribution in [-0.4, -0.2) is 37.0 Å². The Kier molecular flexibility index (Phi) is 4.23. The summed E-state index contributed by atoms with van der Waals surface area (Å²) in [6, 6.07) is 5.63. The lowest BCUT2D eigenvalue weighted by Gasteiger charge is -2.45. The highest BCUT2D eigenvalue weighted by molar-refractivity contribution is 6.31. The lowest BCUT2D eigenvalue weighted by molar-refractivity contribution is 0.0434. The Bertz CT molecular complexity index is 532. The molecule has 1 amide bonds. The number of nitrogens with one attached hydrogen (secondary N) is 1. The first kappa shape index (κ1) is 14.9. The van der Waals surface area contributed by atoms with Gasteiger partial charge in [-0.3, -0.25) is 4.79 Å². The number of benzene rings is 1. The quantitative estimate of drug-likeness (QED) is 0.864. The molecular formula is C17H23ClN2O. The van der Waals surface area contributed by atoms with Crippen LogP contribution in [0.2, 0.25) is 5.02 Å². The van der Waals surface area contributed by atoms with Crippen molar-refractivity contribution in [3.05, 3.63) is 34.3 Å². The van der Waals surface area contributed by atoms with Crippen molar-refractivity contribution in [2.75, 3.05) is 26.2 Å². The predicted molar refractivity (Wildman–Crippen MR) is 85.9 cm³/mol. The number of hydrogen-bond donors (Lipinski definition) is 1. The normalized spacial score (nSPS) is 26.1. The Morgan fingerprint density at radius 3 is 2.86 bits per heavy atom. The highest BCUT2D eigenvalue weighted by Gasteiger charge is 2.38. The number of likely N-dealkylation sites (tertiary alicyclic amines) is 1. The second-order valence-corrected chi connectivity index (χ2v) is 6.98. The molecule has 1 atom stereocenters. The first-order valence-electron chi connectivity index (χ1n) is 7.86. The minimum Gasteiger partial charge on any atom is -0.338 e. The maximum absolute atomic E-state index is 12.7. The third-order valence-corrected chi connectivity index (χ3v) is 5.34. The molecule has 2 aliphatic heterocycles. The fourth-order valence-electron chi connectivity index (χ4n) is 3.67. The van der Waals surface area contributed by atoms with Crippen molar-refractivity contribution in [3.63, 3.8) is 0 Å². The standard InChI is InChI=1S/C17H23ClN2O/c1-13-4-5-14(10-15(13)18)16(21)20-9-3-7-17(12-20)6-2-8-19-11-17/h4-5,10,19H,2-3,6-9,11-12H2,1H3. The minimum atomic E-state index is 0.126. The van der Waals surface area contributed by atoms with Crippen LogP contribution in [0.4, 0.5) is 0 Å². The van der Waals surface area contributed by atoms with E-state index in [1.54, 1.807) is 6.07 Å². The molecule has 2 heterocycles. The van der Waals surface area contributed by atoms with Gasteiger partial charge in [0.05, 0.1) is 0 Å². The zero-order chi connectivity index (χ0) is 14.9. The van der Waals surface area contributed by atoms with E-state index in [1.165, 1.54) is 19.3 Å². The largest absolute Gasteiger partial charge is 0.338 e. The fraction of sp³-hybridized carbons (Fsp3) is 0.588. The predicted octanol–water partition coefficient (Wildman–Crippen LogP) is 3.25. The van der Waals surface area contributed by atoms with E-state index in [9.17, 15) is 4.79 Å². The van der Waals surface area contributed by atoms with E-state index in [4.69, 9.17) is 11.6 Å². The average Bonchev–Trinajstić information content (AvgIpc) is 2.50. The summed E-state index contributed by atoms with van der Waals surface area (Å²) in [5.41, 5.74) is 2.02. The zero-order valence-electron chi connectivity index (χ0n) is 12.6. The molecule has 4 heteroatoms. The number of carbonyl (C=O) groups excluding carboxylic acids is 1. The molecule has 0 aliphatic carbocycles. The molecule has 1 spiro atoms. The maximum Gasteiger partial charge on any atom is 0.253 e. The van der Waals surface area contributed by atoms with Gasteiger partial charge in [-0.25, -0.2) is 0 Å². The molecule has 114 valence electrons. The van der Waals surface area contributed by atoms with Crippen molar-refractivity contribution in [1.82, 2.24) is 10.2 Å². The lowest BCUT2D eigenvalue weighted by atomic mass is 9.74. The van der Waals surface area contributed by atoms with Gasteiger partial charge in [-0.05, 0) is 56.8 Å². The summed E-state index contributed by atoms with van der Waals surface area (Å²) >= 11 is 6.16. The van der Waals surface area contributed by atoms with E-state index < -0.39 is 0 Å². The molecule has 0 saturated carbocycles. The van der Waals surface area contributed by atoms with Crippen LogP contribution in [0.25, 0.3) is 0 Å². The molecule has 0 radical (unpaired) electrons. The Balaban J connectivity index is 1.76. The van der Waals surface area contributed by atoms with E-state index in [0.29, 0.717) is 16.0 Å². The summed E-state index contributed by atoms with van der Waals surface area (Å²) < 4.78 is 0. The van der Waals surface area contributed by atoms with Crippen LogP contribution < -0.4 is 5.32 Å². The molecule has 1 aromatic rings. The second kappa shape index (κ2) is 5.98. The van der Waals surface area contributed by atoms with Gasteiger partial charge in [-0.2, -0.15) is 0 Å². The van der Waals surface area contributed by atoms with Crippen LogP contribution in [0, 0.1) is 12.3 Å². The third kappa shape index (κ3) is 3.09. The van der Waals surface area contributed by atoms with E-state index in [1.807, 2.05) is 24.0 Å². The molecule has 0 aromatic heterocycles. The van der Waals surface area contributed by atoms with Gasteiger partial charge < -0.3 is 10.2 Å². The molecule has 2 aliphatic rings. The molecule has 2 fully saturated rings. The summed E-state index contributed by atoms with van der Waals surface area (Å²) in [5, 5.41) is 4.18. The van der Waals surface area contributed by atoms with Gasteiger partial charge >= 0.3 is 0 Å². The highest BCUT2D eigenvalue weighted by Crippen LogP contribution is 2.36. The Morgan fingerprint density at radius 1 is 1.33 bits per heavy atom. The summed E-state index contributed by atoms with van der Waals surface area (Å²) in [6.07, 6.45) is 4.79. The Morgan fingerprint density at radius 2 is 2.14 bits per heavy atom. The van der Waals surface area contributed by atoms with Crippen LogP contribution in [-0.2, 0) is 0 Å². The first-order valence-corrected chi connectivity index (χ1v) is 8.24. The van der Waals surface area contributed by atoms with Crippen molar-refractivity contribution >= 4 is 17.5 Å². The number of carbonyl (C=O) groups is 1. The summed E-state index contributed by atoms with van der Waals surface area (Å²) in [6.45, 7) is 5.87. The van der Waals surface area contributed by atoms with Crippen LogP contribution in [0.1, 0.15) is 41.6 Å². The summed E-state index contributed by atoms with van der Waals surface area (Å²) in [4.78, 5) is 14.8. The topological polar surface area (TPSA) is 32.3 Å². The second-order valence-electron chi connectivity index (χ2n) is 6.57. The molecular weight excluding hydrogens is 284 g/mol. The highest BCUT2D eigenvalue weighted by atomic mass is 35.5. The van der Waals surface area contributed by atoms with E-state index in [0.717, 1.165) is 38.2 Å². The van der Waals surface area contributed by atoms with Gasteiger partial charge in [0.25, 0.3) is 5.91 Å². The van der Waals surface area contributed by atoms with Gasteiger partial charge in [0.1, 0.15) is 0 Å². The smallest absolute Gasteiger partial charge is 0.253 e. The maximum atomic E-state index is 12.7. The summed E-state index contributed by atoms with van der Waals surface area (Å²) in [7, 11) is 0. The average molecular weight is 307 g/mol. The number of halogens is 1. The molecule has 1 aromatic carbocycles. The number of rotatable bonds is 1. The molecule has 21 heavy (non-hydrogen) atoms. The molecule has 3 rings (SSSR count).